The molecule has 1 aliphatic heterocycles. The molecule has 1 heterocycles. The van der Waals surface area contributed by atoms with Gasteiger partial charge in [-0.05, 0) is 6.07 Å². The maximum atomic E-state index is 12.7. The number of nitro groups is 3. The minimum Gasteiger partial charge on any atom is -0.264 e. The zero-order valence-corrected chi connectivity index (χ0v) is 12.5. The minimum absolute atomic E-state index is 0.0867. The van der Waals surface area contributed by atoms with Gasteiger partial charge in [0.05, 0.1) is 37.2 Å². The van der Waals surface area contributed by atoms with E-state index in [9.17, 15) is 34.6 Å². The minimum atomic E-state index is -2.05. The molecule has 0 fully saturated rings. The molecule has 0 N–H and O–H groups in total. The number of nitrogens with zero attached hydrogens (tertiary/aromatic N) is 3. The predicted octanol–water partition coefficient (Wildman–Crippen LogP) is 2.35. The Hall–Kier alpha value is -3.21. The Labute approximate surface area is 135 Å². The normalized spacial score (nSPS) is 18.3. The summed E-state index contributed by atoms with van der Waals surface area (Å²) in [4.78, 5) is 31.0. The highest BCUT2D eigenvalue weighted by atomic mass is 32.2. The van der Waals surface area contributed by atoms with Crippen LogP contribution in [-0.4, -0.2) is 19.0 Å². The van der Waals surface area contributed by atoms with Gasteiger partial charge >= 0.3 is 0 Å². The first-order chi connectivity index (χ1) is 11.3. The number of rotatable bonds is 3. The van der Waals surface area contributed by atoms with Crippen molar-refractivity contribution in [1.82, 2.24) is 0 Å². The van der Waals surface area contributed by atoms with E-state index < -0.39 is 43.0 Å². The Morgan fingerprint density at radius 3 is 2.17 bits per heavy atom. The molecule has 0 spiro atoms. The van der Waals surface area contributed by atoms with Crippen molar-refractivity contribution >= 4 is 22.2 Å². The van der Waals surface area contributed by atoms with Crippen molar-refractivity contribution < 1.29 is 19.0 Å². The molecule has 3 rings (SSSR count). The van der Waals surface area contributed by atoms with Crippen LogP contribution in [0, 0.1) is 30.3 Å². The summed E-state index contributed by atoms with van der Waals surface area (Å²) >= 11 is 0. The summed E-state index contributed by atoms with van der Waals surface area (Å²) < 4.78 is 12.7. The van der Waals surface area contributed by atoms with Gasteiger partial charge in [0, 0.05) is 16.6 Å². The summed E-state index contributed by atoms with van der Waals surface area (Å²) in [6, 6.07) is 5.77. The number of benzene rings is 2. The maximum Gasteiger partial charge on any atom is 0.293 e. The van der Waals surface area contributed by atoms with E-state index in [0.29, 0.717) is 6.07 Å². The van der Waals surface area contributed by atoms with E-state index in [2.05, 4.69) is 0 Å². The van der Waals surface area contributed by atoms with Gasteiger partial charge in [0.15, 0.2) is 0 Å². The van der Waals surface area contributed by atoms with Crippen LogP contribution in [0.5, 0.6) is 0 Å². The van der Waals surface area contributed by atoms with Crippen LogP contribution >= 0.6 is 0 Å². The first-order valence-electron chi connectivity index (χ1n) is 6.44. The van der Waals surface area contributed by atoms with Crippen molar-refractivity contribution in [2.45, 2.75) is 15.8 Å². The third-order valence-corrected chi connectivity index (χ3v) is 5.18. The van der Waals surface area contributed by atoms with E-state index >= 15 is 0 Å². The molecule has 1 aliphatic rings. The zero-order chi connectivity index (χ0) is 17.6. The molecule has 0 aromatic heterocycles. The SMILES string of the molecule is O=[N+]([O-])c1cc2c(c([N+](=O)[O-])c1)S(=O)c1ccccc1C2[N+](=O)[O-]. The first kappa shape index (κ1) is 15.7. The Balaban J connectivity index is 2.43. The van der Waals surface area contributed by atoms with Crippen molar-refractivity contribution in [2.24, 2.45) is 0 Å². The number of non-ortho nitro benzene ring substituents is 1. The molecule has 2 aromatic rings. The summed E-state index contributed by atoms with van der Waals surface area (Å²) in [6.07, 6.45) is 0. The molecule has 0 radical (unpaired) electrons. The van der Waals surface area contributed by atoms with Crippen LogP contribution in [0.1, 0.15) is 17.2 Å². The third-order valence-electron chi connectivity index (χ3n) is 3.59. The molecular weight excluding hydrogens is 342 g/mol. The molecule has 2 unspecified atom stereocenters. The zero-order valence-electron chi connectivity index (χ0n) is 11.6. The van der Waals surface area contributed by atoms with Crippen LogP contribution in [0.4, 0.5) is 11.4 Å². The lowest BCUT2D eigenvalue weighted by atomic mass is 9.97. The van der Waals surface area contributed by atoms with Gasteiger partial charge in [-0.1, -0.05) is 18.2 Å². The van der Waals surface area contributed by atoms with Gasteiger partial charge in [0.25, 0.3) is 17.4 Å². The van der Waals surface area contributed by atoms with Gasteiger partial charge in [-0.3, -0.25) is 30.3 Å². The Morgan fingerprint density at radius 1 is 0.917 bits per heavy atom. The number of hydrogen-bond donors (Lipinski definition) is 0. The largest absolute Gasteiger partial charge is 0.293 e. The molecule has 10 nitrogen and oxygen atoms in total. The summed E-state index contributed by atoms with van der Waals surface area (Å²) in [5.74, 6) is 0. The van der Waals surface area contributed by atoms with E-state index in [1.165, 1.54) is 24.3 Å². The highest BCUT2D eigenvalue weighted by molar-refractivity contribution is 7.85. The molecule has 2 atom stereocenters. The summed E-state index contributed by atoms with van der Waals surface area (Å²) in [5.41, 5.74) is -1.62. The van der Waals surface area contributed by atoms with Crippen LogP contribution in [0.15, 0.2) is 46.2 Å². The lowest BCUT2D eigenvalue weighted by Gasteiger charge is -2.21. The summed E-state index contributed by atoms with van der Waals surface area (Å²) in [5, 5.41) is 33.8. The van der Waals surface area contributed by atoms with Crippen LogP contribution in [-0.2, 0) is 10.8 Å². The Bertz CT molecular complexity index is 943. The molecule has 2 aromatic carbocycles. The van der Waals surface area contributed by atoms with E-state index in [1.807, 2.05) is 0 Å². The van der Waals surface area contributed by atoms with Crippen LogP contribution in [0.2, 0.25) is 0 Å². The maximum absolute atomic E-state index is 12.7. The average Bonchev–Trinajstić information content (AvgIpc) is 2.53. The average molecular weight is 349 g/mol. The number of hydrogen-bond acceptors (Lipinski definition) is 7. The van der Waals surface area contributed by atoms with Gasteiger partial charge in [-0.2, -0.15) is 0 Å². The van der Waals surface area contributed by atoms with E-state index in [4.69, 9.17) is 0 Å². The van der Waals surface area contributed by atoms with Crippen LogP contribution < -0.4 is 0 Å². The van der Waals surface area contributed by atoms with E-state index in [0.717, 1.165) is 6.07 Å². The summed E-state index contributed by atoms with van der Waals surface area (Å²) in [6.45, 7) is 0. The van der Waals surface area contributed by atoms with Crippen molar-refractivity contribution in [2.75, 3.05) is 0 Å². The molecule has 0 saturated heterocycles. The van der Waals surface area contributed by atoms with E-state index in [1.54, 1.807) is 0 Å². The molecule has 0 saturated carbocycles. The molecule has 122 valence electrons. The lowest BCUT2D eigenvalue weighted by Crippen LogP contribution is -2.22. The molecule has 24 heavy (non-hydrogen) atoms. The smallest absolute Gasteiger partial charge is 0.264 e. The highest BCUT2D eigenvalue weighted by Crippen LogP contribution is 2.45. The fourth-order valence-electron chi connectivity index (χ4n) is 2.65. The van der Waals surface area contributed by atoms with Crippen molar-refractivity contribution in [3.8, 4) is 0 Å². The fourth-order valence-corrected chi connectivity index (χ4v) is 4.17. The lowest BCUT2D eigenvalue weighted by molar-refractivity contribution is -0.518. The second kappa shape index (κ2) is 5.45. The van der Waals surface area contributed by atoms with E-state index in [-0.39, 0.29) is 20.9 Å². The third kappa shape index (κ3) is 2.22. The number of nitro benzene ring substituents is 2. The Morgan fingerprint density at radius 2 is 1.58 bits per heavy atom. The van der Waals surface area contributed by atoms with Crippen LogP contribution in [0.25, 0.3) is 0 Å². The standard InChI is InChI=1S/C13H7N3O7S/c17-14(18)7-5-9-12(16(21)22)8-3-1-2-4-11(8)24(23)13(9)10(6-7)15(19)20/h1-6,12H. The molecule has 0 bridgehead atoms. The van der Waals surface area contributed by atoms with Crippen molar-refractivity contribution in [3.05, 3.63) is 77.9 Å². The van der Waals surface area contributed by atoms with Crippen molar-refractivity contribution in [1.29, 1.82) is 0 Å². The number of fused-ring (bicyclic) bond motifs is 2. The van der Waals surface area contributed by atoms with Gasteiger partial charge in [-0.25, -0.2) is 4.21 Å². The van der Waals surface area contributed by atoms with Gasteiger partial charge in [0.2, 0.25) is 0 Å². The fraction of sp³-hybridized carbons (Fsp3) is 0.0769. The topological polar surface area (TPSA) is 146 Å². The van der Waals surface area contributed by atoms with Crippen LogP contribution in [0.3, 0.4) is 0 Å². The Kier molecular flexibility index (Phi) is 3.56. The quantitative estimate of drug-likeness (QED) is 0.610. The molecule has 0 amide bonds. The van der Waals surface area contributed by atoms with Gasteiger partial charge in [-0.15, -0.1) is 0 Å². The predicted molar refractivity (Wildman–Crippen MR) is 79.7 cm³/mol. The first-order valence-corrected chi connectivity index (χ1v) is 7.59. The second-order valence-corrected chi connectivity index (χ2v) is 6.28. The highest BCUT2D eigenvalue weighted by Gasteiger charge is 2.43. The summed E-state index contributed by atoms with van der Waals surface area (Å²) in [7, 11) is -2.05. The molecule has 11 heteroatoms. The van der Waals surface area contributed by atoms with Gasteiger partial charge < -0.3 is 0 Å². The molecule has 0 aliphatic carbocycles. The second-order valence-electron chi connectivity index (χ2n) is 4.89. The monoisotopic (exact) mass is 349 g/mol. The molecular formula is C13H7N3O7S. The van der Waals surface area contributed by atoms with Gasteiger partial charge in [0.1, 0.15) is 4.90 Å². The van der Waals surface area contributed by atoms with Crippen molar-refractivity contribution in [3.63, 3.8) is 0 Å².